The maximum absolute atomic E-state index is 13.9. The second-order valence-corrected chi connectivity index (χ2v) is 5.93. The van der Waals surface area contributed by atoms with Gasteiger partial charge in [0, 0.05) is 35.7 Å². The van der Waals surface area contributed by atoms with Crippen molar-refractivity contribution in [3.05, 3.63) is 56.2 Å². The van der Waals surface area contributed by atoms with E-state index < -0.39 is 5.82 Å². The van der Waals surface area contributed by atoms with E-state index in [0.717, 1.165) is 25.9 Å². The first-order valence-corrected chi connectivity index (χ1v) is 7.71. The minimum absolute atomic E-state index is 0.139. The minimum atomic E-state index is -0.407. The molecule has 6 heteroatoms. The van der Waals surface area contributed by atoms with Crippen molar-refractivity contribution in [2.45, 2.75) is 26.2 Å². The third kappa shape index (κ3) is 2.86. The quantitative estimate of drug-likeness (QED) is 0.945. The Hall–Kier alpha value is -1.88. The van der Waals surface area contributed by atoms with Crippen LogP contribution in [0.3, 0.4) is 0 Å². The average molecular weight is 322 g/mol. The number of halogens is 2. The molecule has 2 heterocycles. The van der Waals surface area contributed by atoms with Crippen molar-refractivity contribution < 1.29 is 4.39 Å². The van der Waals surface area contributed by atoms with Gasteiger partial charge in [0.2, 0.25) is 5.95 Å². The van der Waals surface area contributed by atoms with Crippen molar-refractivity contribution in [3.63, 3.8) is 0 Å². The van der Waals surface area contributed by atoms with Crippen LogP contribution in [0.1, 0.15) is 29.7 Å². The highest BCUT2D eigenvalue weighted by atomic mass is 35.5. The van der Waals surface area contributed by atoms with E-state index in [9.17, 15) is 9.18 Å². The van der Waals surface area contributed by atoms with E-state index in [1.165, 1.54) is 6.07 Å². The van der Waals surface area contributed by atoms with Crippen molar-refractivity contribution >= 4 is 17.5 Å². The lowest BCUT2D eigenvalue weighted by atomic mass is 10.0. The van der Waals surface area contributed by atoms with Crippen molar-refractivity contribution in [3.8, 4) is 0 Å². The Labute approximate surface area is 133 Å². The number of nitrogens with zero attached hydrogens (tertiary/aromatic N) is 2. The highest BCUT2D eigenvalue weighted by molar-refractivity contribution is 6.31. The number of benzene rings is 1. The summed E-state index contributed by atoms with van der Waals surface area (Å²) in [4.78, 5) is 21.7. The van der Waals surface area contributed by atoms with Crippen LogP contribution < -0.4 is 10.5 Å². The summed E-state index contributed by atoms with van der Waals surface area (Å²) < 4.78 is 13.9. The monoisotopic (exact) mass is 321 g/mol. The van der Waals surface area contributed by atoms with Crippen molar-refractivity contribution in [2.75, 3.05) is 18.0 Å². The standard InChI is InChI=1S/C16H17ClFN3O/c1-10-11(9-12-13(17)5-4-6-14(12)18)15(22)20-16(19-10)21-7-2-3-8-21/h4-6H,2-3,7-9H2,1H3,(H,19,20,22). The number of hydrogen-bond donors (Lipinski definition) is 1. The van der Waals surface area contributed by atoms with Crippen molar-refractivity contribution in [2.24, 2.45) is 0 Å². The number of rotatable bonds is 3. The SMILES string of the molecule is Cc1nc(N2CCCC2)[nH]c(=O)c1Cc1c(F)cccc1Cl. The normalized spacial score (nSPS) is 14.6. The molecule has 1 aliphatic rings. The summed E-state index contributed by atoms with van der Waals surface area (Å²) >= 11 is 6.04. The molecule has 0 saturated carbocycles. The highest BCUT2D eigenvalue weighted by Gasteiger charge is 2.18. The molecule has 1 fully saturated rings. The van der Waals surface area contributed by atoms with E-state index in [2.05, 4.69) is 14.9 Å². The Kier molecular flexibility index (Phi) is 4.16. The summed E-state index contributed by atoms with van der Waals surface area (Å²) in [6, 6.07) is 4.51. The number of aromatic nitrogens is 2. The van der Waals surface area contributed by atoms with Crippen LogP contribution in [0.4, 0.5) is 10.3 Å². The Morgan fingerprint density at radius 1 is 1.32 bits per heavy atom. The molecule has 1 saturated heterocycles. The molecule has 3 rings (SSSR count). The molecular formula is C16H17ClFN3O. The van der Waals surface area contributed by atoms with Gasteiger partial charge in [-0.3, -0.25) is 9.78 Å². The first-order valence-electron chi connectivity index (χ1n) is 7.34. The second kappa shape index (κ2) is 6.08. The van der Waals surface area contributed by atoms with Crippen LogP contribution in [0.2, 0.25) is 5.02 Å². The fourth-order valence-electron chi connectivity index (χ4n) is 2.76. The Morgan fingerprint density at radius 2 is 2.05 bits per heavy atom. The molecule has 0 aliphatic carbocycles. The van der Waals surface area contributed by atoms with Crippen LogP contribution in [0.5, 0.6) is 0 Å². The van der Waals surface area contributed by atoms with Gasteiger partial charge in [0.25, 0.3) is 5.56 Å². The zero-order chi connectivity index (χ0) is 15.7. The predicted octanol–water partition coefficient (Wildman–Crippen LogP) is 3.06. The van der Waals surface area contributed by atoms with Gasteiger partial charge >= 0.3 is 0 Å². The summed E-state index contributed by atoms with van der Waals surface area (Å²) in [7, 11) is 0. The summed E-state index contributed by atoms with van der Waals surface area (Å²) in [5.41, 5.74) is 1.17. The fraction of sp³-hybridized carbons (Fsp3) is 0.375. The highest BCUT2D eigenvalue weighted by Crippen LogP contribution is 2.22. The Morgan fingerprint density at radius 3 is 2.68 bits per heavy atom. The zero-order valence-electron chi connectivity index (χ0n) is 12.3. The largest absolute Gasteiger partial charge is 0.342 e. The zero-order valence-corrected chi connectivity index (χ0v) is 13.1. The average Bonchev–Trinajstić information content (AvgIpc) is 2.99. The summed E-state index contributed by atoms with van der Waals surface area (Å²) in [5, 5.41) is 0.322. The van der Waals surface area contributed by atoms with Gasteiger partial charge in [-0.05, 0) is 31.9 Å². The number of aryl methyl sites for hydroxylation is 1. The first kappa shape index (κ1) is 15.0. The summed E-state index contributed by atoms with van der Waals surface area (Å²) in [5.74, 6) is 0.193. The molecule has 0 bridgehead atoms. The first-order chi connectivity index (χ1) is 10.6. The van der Waals surface area contributed by atoms with Crippen molar-refractivity contribution in [1.82, 2.24) is 9.97 Å². The molecule has 0 radical (unpaired) electrons. The summed E-state index contributed by atoms with van der Waals surface area (Å²) in [6.45, 7) is 3.58. The molecule has 0 atom stereocenters. The van der Waals surface area contributed by atoms with Gasteiger partial charge in [0.15, 0.2) is 0 Å². The van der Waals surface area contributed by atoms with Crippen LogP contribution in [0, 0.1) is 12.7 Å². The molecule has 22 heavy (non-hydrogen) atoms. The Balaban J connectivity index is 1.96. The lowest BCUT2D eigenvalue weighted by molar-refractivity contribution is 0.613. The predicted molar refractivity (Wildman–Crippen MR) is 85.3 cm³/mol. The smallest absolute Gasteiger partial charge is 0.256 e. The fourth-order valence-corrected chi connectivity index (χ4v) is 2.99. The number of H-pyrrole nitrogens is 1. The number of anilines is 1. The second-order valence-electron chi connectivity index (χ2n) is 5.52. The maximum atomic E-state index is 13.9. The molecule has 2 aromatic rings. The van der Waals surface area contributed by atoms with Crippen LogP contribution in [0.25, 0.3) is 0 Å². The lowest BCUT2D eigenvalue weighted by Crippen LogP contribution is -2.26. The van der Waals surface area contributed by atoms with Gasteiger partial charge in [-0.2, -0.15) is 0 Å². The molecule has 1 aliphatic heterocycles. The van der Waals surface area contributed by atoms with E-state index in [1.807, 2.05) is 0 Å². The molecule has 116 valence electrons. The molecule has 0 amide bonds. The van der Waals surface area contributed by atoms with E-state index >= 15 is 0 Å². The molecule has 0 spiro atoms. The number of aromatic amines is 1. The molecule has 0 unspecified atom stereocenters. The van der Waals surface area contributed by atoms with Gasteiger partial charge in [-0.25, -0.2) is 9.37 Å². The third-order valence-electron chi connectivity index (χ3n) is 4.03. The Bertz CT molecular complexity index is 733. The van der Waals surface area contributed by atoms with Crippen LogP contribution in [-0.4, -0.2) is 23.1 Å². The molecule has 4 nitrogen and oxygen atoms in total. The van der Waals surface area contributed by atoms with E-state index in [0.29, 0.717) is 27.8 Å². The molecule has 1 N–H and O–H groups in total. The van der Waals surface area contributed by atoms with E-state index in [-0.39, 0.29) is 12.0 Å². The van der Waals surface area contributed by atoms with Crippen LogP contribution >= 0.6 is 11.6 Å². The lowest BCUT2D eigenvalue weighted by Gasteiger charge is -2.17. The topological polar surface area (TPSA) is 49.0 Å². The summed E-state index contributed by atoms with van der Waals surface area (Å²) in [6.07, 6.45) is 2.35. The van der Waals surface area contributed by atoms with Gasteiger partial charge in [0.1, 0.15) is 5.82 Å². The molecular weight excluding hydrogens is 305 g/mol. The van der Waals surface area contributed by atoms with Gasteiger partial charge in [-0.1, -0.05) is 17.7 Å². The van der Waals surface area contributed by atoms with Gasteiger partial charge < -0.3 is 4.90 Å². The van der Waals surface area contributed by atoms with E-state index in [1.54, 1.807) is 19.1 Å². The van der Waals surface area contributed by atoms with E-state index in [4.69, 9.17) is 11.6 Å². The maximum Gasteiger partial charge on any atom is 0.256 e. The molecule has 1 aromatic carbocycles. The van der Waals surface area contributed by atoms with Gasteiger partial charge in [-0.15, -0.1) is 0 Å². The molecule has 1 aromatic heterocycles. The van der Waals surface area contributed by atoms with Crippen LogP contribution in [-0.2, 0) is 6.42 Å². The number of nitrogens with one attached hydrogen (secondary N) is 1. The number of hydrogen-bond acceptors (Lipinski definition) is 3. The van der Waals surface area contributed by atoms with Gasteiger partial charge in [0.05, 0.1) is 5.69 Å². The van der Waals surface area contributed by atoms with Crippen molar-refractivity contribution in [1.29, 1.82) is 0 Å². The van der Waals surface area contributed by atoms with Crippen LogP contribution in [0.15, 0.2) is 23.0 Å². The third-order valence-corrected chi connectivity index (χ3v) is 4.38. The minimum Gasteiger partial charge on any atom is -0.342 e.